The van der Waals surface area contributed by atoms with Gasteiger partial charge in [0.1, 0.15) is 5.75 Å². The van der Waals surface area contributed by atoms with Crippen LogP contribution in [0, 0.1) is 11.8 Å². The van der Waals surface area contributed by atoms with Crippen molar-refractivity contribution in [2.75, 3.05) is 20.2 Å². The van der Waals surface area contributed by atoms with Crippen molar-refractivity contribution < 1.29 is 9.53 Å². The fraction of sp³-hybridized carbons (Fsp3) is 0.562. The van der Waals surface area contributed by atoms with E-state index in [-0.39, 0.29) is 5.91 Å². The summed E-state index contributed by atoms with van der Waals surface area (Å²) < 4.78 is 5.16. The Labute approximate surface area is 119 Å². The van der Waals surface area contributed by atoms with E-state index in [9.17, 15) is 4.79 Å². The lowest BCUT2D eigenvalue weighted by Crippen LogP contribution is -2.40. The fourth-order valence-electron chi connectivity index (χ4n) is 3.46. The van der Waals surface area contributed by atoms with E-state index in [0.29, 0.717) is 11.6 Å². The van der Waals surface area contributed by atoms with Gasteiger partial charge in [0.15, 0.2) is 0 Å². The van der Waals surface area contributed by atoms with Gasteiger partial charge in [-0.3, -0.25) is 4.79 Å². The van der Waals surface area contributed by atoms with Crippen molar-refractivity contribution in [1.82, 2.24) is 10.6 Å². The second-order valence-electron chi connectivity index (χ2n) is 5.89. The van der Waals surface area contributed by atoms with Crippen LogP contribution in [0.5, 0.6) is 5.75 Å². The third-order valence-electron chi connectivity index (χ3n) is 4.62. The summed E-state index contributed by atoms with van der Waals surface area (Å²) in [5.41, 5.74) is 0.677. The van der Waals surface area contributed by atoms with Crippen molar-refractivity contribution in [3.63, 3.8) is 0 Å². The SMILES string of the molecule is COc1cccc(C(=O)NC2CC[C@H]3CNC[C@H]3C2)c1. The van der Waals surface area contributed by atoms with Crippen LogP contribution in [0.4, 0.5) is 0 Å². The van der Waals surface area contributed by atoms with E-state index in [1.54, 1.807) is 13.2 Å². The van der Waals surface area contributed by atoms with Gasteiger partial charge in [0.05, 0.1) is 7.11 Å². The highest BCUT2D eigenvalue weighted by atomic mass is 16.5. The number of carbonyl (C=O) groups excluding carboxylic acids is 1. The topological polar surface area (TPSA) is 50.4 Å². The van der Waals surface area contributed by atoms with Crippen LogP contribution in [-0.4, -0.2) is 32.1 Å². The molecule has 3 atom stereocenters. The molecule has 1 unspecified atom stereocenters. The molecule has 1 saturated heterocycles. The molecule has 108 valence electrons. The molecular weight excluding hydrogens is 252 g/mol. The Kier molecular flexibility index (Phi) is 3.92. The van der Waals surface area contributed by atoms with Crippen LogP contribution in [0.3, 0.4) is 0 Å². The summed E-state index contributed by atoms with van der Waals surface area (Å²) in [5.74, 6) is 2.29. The Morgan fingerprint density at radius 2 is 2.15 bits per heavy atom. The molecule has 1 aromatic rings. The van der Waals surface area contributed by atoms with E-state index >= 15 is 0 Å². The van der Waals surface area contributed by atoms with Gasteiger partial charge in [0, 0.05) is 11.6 Å². The predicted octanol–water partition coefficient (Wildman–Crippen LogP) is 1.81. The molecule has 1 saturated carbocycles. The molecule has 2 N–H and O–H groups in total. The minimum Gasteiger partial charge on any atom is -0.497 e. The van der Waals surface area contributed by atoms with Crippen LogP contribution in [0.2, 0.25) is 0 Å². The van der Waals surface area contributed by atoms with Gasteiger partial charge >= 0.3 is 0 Å². The normalized spacial score (nSPS) is 28.8. The number of amides is 1. The minimum absolute atomic E-state index is 0.0123. The molecule has 3 rings (SSSR count). The zero-order chi connectivity index (χ0) is 13.9. The number of hydrogen-bond acceptors (Lipinski definition) is 3. The lowest BCUT2D eigenvalue weighted by atomic mass is 9.79. The fourth-order valence-corrected chi connectivity index (χ4v) is 3.46. The third kappa shape index (κ3) is 2.80. The molecule has 4 nitrogen and oxygen atoms in total. The molecule has 0 bridgehead atoms. The van der Waals surface area contributed by atoms with Gasteiger partial charge < -0.3 is 15.4 Å². The number of carbonyl (C=O) groups is 1. The van der Waals surface area contributed by atoms with Gasteiger partial charge in [-0.05, 0) is 62.4 Å². The lowest BCUT2D eigenvalue weighted by molar-refractivity contribution is 0.0913. The highest BCUT2D eigenvalue weighted by Gasteiger charge is 2.34. The molecular formula is C16H22N2O2. The largest absolute Gasteiger partial charge is 0.497 e. The highest BCUT2D eigenvalue weighted by molar-refractivity contribution is 5.94. The Hall–Kier alpha value is -1.55. The van der Waals surface area contributed by atoms with Gasteiger partial charge in [0.25, 0.3) is 5.91 Å². The van der Waals surface area contributed by atoms with Crippen molar-refractivity contribution in [3.8, 4) is 5.75 Å². The summed E-state index contributed by atoms with van der Waals surface area (Å²) in [5, 5.41) is 6.63. The van der Waals surface area contributed by atoms with Crippen LogP contribution >= 0.6 is 0 Å². The van der Waals surface area contributed by atoms with Crippen LogP contribution in [0.1, 0.15) is 29.6 Å². The predicted molar refractivity (Wildman–Crippen MR) is 77.9 cm³/mol. The molecule has 1 heterocycles. The standard InChI is InChI=1S/C16H22N2O2/c1-20-15-4-2-3-11(8-15)16(19)18-14-6-5-12-9-17-10-13(12)7-14/h2-4,8,12-14,17H,5-7,9-10H2,1H3,(H,18,19)/t12-,13+,14?/m0/s1. The van der Waals surface area contributed by atoms with Crippen LogP contribution < -0.4 is 15.4 Å². The summed E-state index contributed by atoms with van der Waals surface area (Å²) in [6, 6.07) is 7.64. The average molecular weight is 274 g/mol. The first kappa shape index (κ1) is 13.4. The monoisotopic (exact) mass is 274 g/mol. The summed E-state index contributed by atoms with van der Waals surface area (Å²) >= 11 is 0. The molecule has 0 radical (unpaired) electrons. The molecule has 4 heteroatoms. The van der Waals surface area contributed by atoms with Crippen molar-refractivity contribution in [2.24, 2.45) is 11.8 Å². The maximum Gasteiger partial charge on any atom is 0.251 e. The van der Waals surface area contributed by atoms with E-state index in [4.69, 9.17) is 4.74 Å². The maximum absolute atomic E-state index is 12.3. The smallest absolute Gasteiger partial charge is 0.251 e. The van der Waals surface area contributed by atoms with E-state index in [1.807, 2.05) is 18.2 Å². The van der Waals surface area contributed by atoms with E-state index in [2.05, 4.69) is 10.6 Å². The Bertz CT molecular complexity index is 489. The summed E-state index contributed by atoms with van der Waals surface area (Å²) in [4.78, 5) is 12.3. The Balaban J connectivity index is 1.61. The average Bonchev–Trinajstić information content (AvgIpc) is 2.95. The van der Waals surface area contributed by atoms with Gasteiger partial charge in [-0.1, -0.05) is 6.07 Å². The minimum atomic E-state index is 0.0123. The molecule has 2 aliphatic rings. The molecule has 2 fully saturated rings. The molecule has 20 heavy (non-hydrogen) atoms. The second kappa shape index (κ2) is 5.83. The van der Waals surface area contributed by atoms with E-state index < -0.39 is 0 Å². The zero-order valence-corrected chi connectivity index (χ0v) is 11.9. The van der Waals surface area contributed by atoms with Gasteiger partial charge in [-0.2, -0.15) is 0 Å². The molecule has 0 aromatic heterocycles. The second-order valence-corrected chi connectivity index (χ2v) is 5.89. The van der Waals surface area contributed by atoms with E-state index in [0.717, 1.165) is 43.5 Å². The van der Waals surface area contributed by atoms with Crippen molar-refractivity contribution in [2.45, 2.75) is 25.3 Å². The van der Waals surface area contributed by atoms with Gasteiger partial charge in [-0.15, -0.1) is 0 Å². The number of fused-ring (bicyclic) bond motifs is 1. The van der Waals surface area contributed by atoms with Crippen molar-refractivity contribution in [3.05, 3.63) is 29.8 Å². The third-order valence-corrected chi connectivity index (χ3v) is 4.62. The quantitative estimate of drug-likeness (QED) is 0.884. The zero-order valence-electron chi connectivity index (χ0n) is 11.9. The number of rotatable bonds is 3. The van der Waals surface area contributed by atoms with Crippen LogP contribution in [0.25, 0.3) is 0 Å². The van der Waals surface area contributed by atoms with Crippen molar-refractivity contribution >= 4 is 5.91 Å². The first-order chi connectivity index (χ1) is 9.76. The highest BCUT2D eigenvalue weighted by Crippen LogP contribution is 2.32. The van der Waals surface area contributed by atoms with E-state index in [1.165, 1.54) is 6.42 Å². The summed E-state index contributed by atoms with van der Waals surface area (Å²) in [6.45, 7) is 2.26. The first-order valence-electron chi connectivity index (χ1n) is 7.42. The summed E-state index contributed by atoms with van der Waals surface area (Å²) in [6.07, 6.45) is 3.42. The number of methoxy groups -OCH3 is 1. The first-order valence-corrected chi connectivity index (χ1v) is 7.42. The maximum atomic E-state index is 12.3. The molecule has 1 aliphatic carbocycles. The Morgan fingerprint density at radius 1 is 1.30 bits per heavy atom. The number of hydrogen-bond donors (Lipinski definition) is 2. The number of nitrogens with one attached hydrogen (secondary N) is 2. The summed E-state index contributed by atoms with van der Waals surface area (Å²) in [7, 11) is 1.62. The molecule has 0 spiro atoms. The molecule has 1 amide bonds. The number of ether oxygens (including phenoxy) is 1. The van der Waals surface area contributed by atoms with Crippen LogP contribution in [-0.2, 0) is 0 Å². The Morgan fingerprint density at radius 3 is 3.00 bits per heavy atom. The van der Waals surface area contributed by atoms with Gasteiger partial charge in [-0.25, -0.2) is 0 Å². The lowest BCUT2D eigenvalue weighted by Gasteiger charge is -2.31. The van der Waals surface area contributed by atoms with Crippen LogP contribution in [0.15, 0.2) is 24.3 Å². The molecule has 1 aromatic carbocycles. The van der Waals surface area contributed by atoms with Crippen molar-refractivity contribution in [1.29, 1.82) is 0 Å². The molecule has 1 aliphatic heterocycles. The van der Waals surface area contributed by atoms with Gasteiger partial charge in [0.2, 0.25) is 0 Å². The number of benzene rings is 1.